The Labute approximate surface area is 99.7 Å². The maximum Gasteiger partial charge on any atom is 0.229 e. The molecule has 2 rings (SSSR count). The first-order valence-electron chi connectivity index (χ1n) is 5.43. The molecule has 0 amide bonds. The zero-order valence-corrected chi connectivity index (χ0v) is 9.92. The first-order valence-corrected chi connectivity index (χ1v) is 5.43. The highest BCUT2D eigenvalue weighted by Gasteiger charge is 2.10. The zero-order valence-electron chi connectivity index (χ0n) is 9.92. The van der Waals surface area contributed by atoms with Crippen LogP contribution in [0.25, 0.3) is 0 Å². The Balaban J connectivity index is 2.16. The molecule has 0 radical (unpaired) electrons. The van der Waals surface area contributed by atoms with Gasteiger partial charge in [-0.05, 0) is 6.92 Å². The van der Waals surface area contributed by atoms with Gasteiger partial charge in [0, 0.05) is 31.2 Å². The van der Waals surface area contributed by atoms with E-state index in [9.17, 15) is 0 Å². The van der Waals surface area contributed by atoms with E-state index in [1.54, 1.807) is 31.8 Å². The zero-order chi connectivity index (χ0) is 12.1. The maximum atomic E-state index is 5.08. The van der Waals surface area contributed by atoms with Crippen LogP contribution in [0.15, 0.2) is 24.7 Å². The summed E-state index contributed by atoms with van der Waals surface area (Å²) in [7, 11) is 1.59. The number of aromatic nitrogens is 4. The smallest absolute Gasteiger partial charge is 0.229 e. The number of anilines is 1. The Hall–Kier alpha value is -2.11. The molecule has 0 atom stereocenters. The summed E-state index contributed by atoms with van der Waals surface area (Å²) in [4.78, 5) is 17.8. The van der Waals surface area contributed by atoms with Crippen LogP contribution in [0.4, 0.5) is 5.95 Å². The average molecular weight is 233 g/mol. The van der Waals surface area contributed by atoms with Crippen molar-refractivity contribution >= 4 is 5.95 Å². The maximum absolute atomic E-state index is 5.08. The highest BCUT2D eigenvalue weighted by molar-refractivity contribution is 5.31. The van der Waals surface area contributed by atoms with Gasteiger partial charge in [0.2, 0.25) is 11.8 Å². The quantitative estimate of drug-likeness (QED) is 0.841. The Morgan fingerprint density at radius 3 is 2.88 bits per heavy atom. The molecule has 0 saturated heterocycles. The number of ether oxygens (including phenoxy) is 1. The molecule has 2 aromatic heterocycles. The van der Waals surface area contributed by atoms with Gasteiger partial charge in [0.25, 0.3) is 0 Å². The summed E-state index contributed by atoms with van der Waals surface area (Å²) >= 11 is 0. The minimum absolute atomic E-state index is 0.563. The molecular formula is C11H15N5O. The van der Waals surface area contributed by atoms with Crippen LogP contribution < -0.4 is 9.64 Å². The molecule has 6 nitrogen and oxygen atoms in total. The minimum Gasteiger partial charge on any atom is -0.481 e. The van der Waals surface area contributed by atoms with Gasteiger partial charge >= 0.3 is 0 Å². The third-order valence-corrected chi connectivity index (χ3v) is 2.39. The van der Waals surface area contributed by atoms with E-state index in [-0.39, 0.29) is 0 Å². The van der Waals surface area contributed by atoms with Gasteiger partial charge in [-0.15, -0.1) is 0 Å². The Morgan fingerprint density at radius 1 is 1.35 bits per heavy atom. The summed E-state index contributed by atoms with van der Waals surface area (Å²) in [6.07, 6.45) is 5.22. The molecule has 0 aromatic carbocycles. The molecule has 0 spiro atoms. The van der Waals surface area contributed by atoms with Gasteiger partial charge in [-0.2, -0.15) is 4.98 Å². The average Bonchev–Trinajstić information content (AvgIpc) is 2.89. The van der Waals surface area contributed by atoms with Crippen LogP contribution >= 0.6 is 0 Å². The van der Waals surface area contributed by atoms with Crippen LogP contribution in [0.3, 0.4) is 0 Å². The lowest BCUT2D eigenvalue weighted by molar-refractivity contribution is 0.396. The fourth-order valence-electron chi connectivity index (χ4n) is 1.49. The summed E-state index contributed by atoms with van der Waals surface area (Å²) in [6.45, 7) is 3.50. The number of imidazole rings is 1. The molecule has 6 heteroatoms. The fourth-order valence-corrected chi connectivity index (χ4v) is 1.49. The molecule has 2 aromatic rings. The van der Waals surface area contributed by atoms with Gasteiger partial charge in [-0.1, -0.05) is 0 Å². The number of aromatic amines is 1. The minimum atomic E-state index is 0.563. The lowest BCUT2D eigenvalue weighted by Gasteiger charge is -2.19. The molecule has 0 unspecified atom stereocenters. The van der Waals surface area contributed by atoms with Crippen molar-refractivity contribution in [2.24, 2.45) is 0 Å². The van der Waals surface area contributed by atoms with Crippen LogP contribution in [-0.4, -0.2) is 33.6 Å². The molecule has 0 aliphatic rings. The molecule has 1 N–H and O–H groups in total. The summed E-state index contributed by atoms with van der Waals surface area (Å²) in [5, 5.41) is 0. The van der Waals surface area contributed by atoms with E-state index in [1.165, 1.54) is 0 Å². The number of methoxy groups -OCH3 is 1. The predicted molar refractivity (Wildman–Crippen MR) is 63.9 cm³/mol. The van der Waals surface area contributed by atoms with Crippen LogP contribution in [0.5, 0.6) is 5.88 Å². The van der Waals surface area contributed by atoms with Crippen molar-refractivity contribution in [3.8, 4) is 5.88 Å². The van der Waals surface area contributed by atoms with Gasteiger partial charge < -0.3 is 14.6 Å². The van der Waals surface area contributed by atoms with Crippen LogP contribution in [-0.2, 0) is 6.54 Å². The number of nitrogens with one attached hydrogen (secondary N) is 1. The van der Waals surface area contributed by atoms with Gasteiger partial charge in [-0.25, -0.2) is 9.97 Å². The van der Waals surface area contributed by atoms with E-state index >= 15 is 0 Å². The highest BCUT2D eigenvalue weighted by Crippen LogP contribution is 2.13. The number of rotatable bonds is 5. The molecule has 0 aliphatic carbocycles. The predicted octanol–water partition coefficient (Wildman–Crippen LogP) is 1.23. The second kappa shape index (κ2) is 5.29. The van der Waals surface area contributed by atoms with E-state index in [1.807, 2.05) is 11.8 Å². The van der Waals surface area contributed by atoms with Crippen molar-refractivity contribution in [1.29, 1.82) is 0 Å². The normalized spacial score (nSPS) is 10.2. The van der Waals surface area contributed by atoms with E-state index in [2.05, 4.69) is 19.9 Å². The van der Waals surface area contributed by atoms with Crippen molar-refractivity contribution in [1.82, 2.24) is 19.9 Å². The van der Waals surface area contributed by atoms with Crippen LogP contribution in [0.2, 0.25) is 0 Å². The SMILES string of the molecule is CCN(Cc1ncc[nH]1)c1nccc(OC)n1. The summed E-state index contributed by atoms with van der Waals surface area (Å²) in [5.41, 5.74) is 0. The Kier molecular flexibility index (Phi) is 3.54. The lowest BCUT2D eigenvalue weighted by Crippen LogP contribution is -2.24. The largest absolute Gasteiger partial charge is 0.481 e. The number of hydrogen-bond donors (Lipinski definition) is 1. The molecule has 0 fully saturated rings. The second-order valence-corrected chi connectivity index (χ2v) is 3.45. The molecule has 90 valence electrons. The molecular weight excluding hydrogens is 218 g/mol. The number of nitrogens with zero attached hydrogens (tertiary/aromatic N) is 4. The third kappa shape index (κ3) is 2.72. The Morgan fingerprint density at radius 2 is 2.24 bits per heavy atom. The van der Waals surface area contributed by atoms with Gasteiger partial charge in [0.15, 0.2) is 0 Å². The summed E-state index contributed by atoms with van der Waals surface area (Å²) in [6, 6.07) is 1.73. The van der Waals surface area contributed by atoms with Crippen molar-refractivity contribution in [3.63, 3.8) is 0 Å². The fraction of sp³-hybridized carbons (Fsp3) is 0.364. The van der Waals surface area contributed by atoms with Gasteiger partial charge in [-0.3, -0.25) is 0 Å². The first-order chi connectivity index (χ1) is 8.33. The first kappa shape index (κ1) is 11.4. The lowest BCUT2D eigenvalue weighted by atomic mass is 10.5. The van der Waals surface area contributed by atoms with Gasteiger partial charge in [0.05, 0.1) is 13.7 Å². The van der Waals surface area contributed by atoms with Crippen LogP contribution in [0.1, 0.15) is 12.7 Å². The monoisotopic (exact) mass is 233 g/mol. The van der Waals surface area contributed by atoms with E-state index in [0.29, 0.717) is 18.4 Å². The highest BCUT2D eigenvalue weighted by atomic mass is 16.5. The second-order valence-electron chi connectivity index (χ2n) is 3.45. The Bertz CT molecular complexity index is 457. The van der Waals surface area contributed by atoms with Crippen molar-refractivity contribution < 1.29 is 4.74 Å². The molecule has 2 heterocycles. The topological polar surface area (TPSA) is 66.9 Å². The van der Waals surface area contributed by atoms with Crippen molar-refractivity contribution in [2.45, 2.75) is 13.5 Å². The van der Waals surface area contributed by atoms with E-state index in [4.69, 9.17) is 4.74 Å². The third-order valence-electron chi connectivity index (χ3n) is 2.39. The number of H-pyrrole nitrogens is 1. The van der Waals surface area contributed by atoms with Crippen molar-refractivity contribution in [2.75, 3.05) is 18.6 Å². The summed E-state index contributed by atoms with van der Waals surface area (Å²) < 4.78 is 5.08. The molecule has 0 saturated carbocycles. The van der Waals surface area contributed by atoms with E-state index in [0.717, 1.165) is 12.4 Å². The molecule has 0 aliphatic heterocycles. The molecule has 0 bridgehead atoms. The number of hydrogen-bond acceptors (Lipinski definition) is 5. The van der Waals surface area contributed by atoms with Gasteiger partial charge in [0.1, 0.15) is 5.82 Å². The van der Waals surface area contributed by atoms with E-state index < -0.39 is 0 Å². The molecule has 17 heavy (non-hydrogen) atoms. The van der Waals surface area contributed by atoms with Crippen LogP contribution in [0, 0.1) is 0 Å². The van der Waals surface area contributed by atoms with Crippen molar-refractivity contribution in [3.05, 3.63) is 30.5 Å². The summed E-state index contributed by atoms with van der Waals surface area (Å²) in [5.74, 6) is 2.09. The standard InChI is InChI=1S/C11H15N5O/c1-3-16(8-9-12-6-7-13-9)11-14-5-4-10(15-11)17-2/h4-7H,3,8H2,1-2H3,(H,12,13).